The van der Waals surface area contributed by atoms with E-state index in [4.69, 9.17) is 8.83 Å². The van der Waals surface area contributed by atoms with E-state index in [0.29, 0.717) is 0 Å². The van der Waals surface area contributed by atoms with Crippen molar-refractivity contribution in [3.8, 4) is 67.3 Å². The molecule has 0 aliphatic rings. The molecule has 0 radical (unpaired) electrons. The Labute approximate surface area is 585 Å². The van der Waals surface area contributed by atoms with Crippen molar-refractivity contribution in [2.24, 2.45) is 0 Å². The van der Waals surface area contributed by atoms with Crippen molar-refractivity contribution in [3.63, 3.8) is 0 Å². The van der Waals surface area contributed by atoms with Gasteiger partial charge in [0.05, 0.1) is 44.1 Å². The van der Waals surface area contributed by atoms with Gasteiger partial charge in [0.1, 0.15) is 11.2 Å². The molecular formula is C96H60N4O2. The SMILES string of the molecule is c1ccc(-c2cc(-c3ccccc3)cc(-n3c4ccccc4c4cc5c6ccc7c8ccccc8oc7c6n(-c6ccccc6)c5cc43)c2)cc1.c1ccc(-c2ccc(-c3cccc(-n4c5ccccc5c5cc6c7ccc8c9ccccc9oc8c7n(-c7ccccc7)c6cc54)c3)cc2)cc1. The van der Waals surface area contributed by atoms with Crippen LogP contribution < -0.4 is 0 Å². The van der Waals surface area contributed by atoms with Gasteiger partial charge in [-0.15, -0.1) is 0 Å². The highest BCUT2D eigenvalue weighted by Gasteiger charge is 2.25. The Bertz CT molecular complexity index is 7020. The molecule has 22 aromatic rings. The zero-order chi connectivity index (χ0) is 66.9. The standard InChI is InChI=1S/2C48H30N2O/c1-4-14-31(15-5-1)33-26-34(32-16-6-2-7-17-32)28-36(27-33)49-43-22-12-10-20-37(43)41-29-42-39-24-25-40-38-21-11-13-23-46(38)51-48(40)47(39)50(45(42)30-44(41)49)35-18-8-3-9-19-35;1-3-12-31(13-4-1)32-22-24-33(25-23-32)34-14-11-17-36(28-34)49-43-20-9-7-18-37(43)41-29-42-39-26-27-40-38-19-8-10-21-46(38)51-48(40)47(39)50(45(42)30-44(41)49)35-15-5-2-6-16-35/h2*1-30H. The molecule has 0 bridgehead atoms. The molecule has 476 valence electrons. The van der Waals surface area contributed by atoms with Crippen LogP contribution >= 0.6 is 0 Å². The summed E-state index contributed by atoms with van der Waals surface area (Å²) < 4.78 is 23.0. The molecule has 0 unspecified atom stereocenters. The molecule has 102 heavy (non-hydrogen) atoms. The molecule has 0 saturated heterocycles. The minimum absolute atomic E-state index is 0.903. The molecule has 0 aliphatic heterocycles. The second-order valence-corrected chi connectivity index (χ2v) is 26.7. The largest absolute Gasteiger partial charge is 0.454 e. The molecule has 0 amide bonds. The van der Waals surface area contributed by atoms with Gasteiger partial charge in [0, 0.05) is 87.4 Å². The summed E-state index contributed by atoms with van der Waals surface area (Å²) in [5, 5.41) is 14.2. The maximum atomic E-state index is 6.68. The maximum absolute atomic E-state index is 6.68. The fraction of sp³-hybridized carbons (Fsp3) is 0. The molecule has 0 atom stereocenters. The van der Waals surface area contributed by atoms with Crippen molar-refractivity contribution < 1.29 is 8.83 Å². The van der Waals surface area contributed by atoms with Gasteiger partial charge in [-0.1, -0.05) is 249 Å². The second kappa shape index (κ2) is 23.0. The van der Waals surface area contributed by atoms with Crippen molar-refractivity contribution in [3.05, 3.63) is 364 Å². The molecule has 0 spiro atoms. The van der Waals surface area contributed by atoms with E-state index in [-0.39, 0.29) is 0 Å². The number of benzene rings is 16. The highest BCUT2D eigenvalue weighted by atomic mass is 16.3. The number of furan rings is 2. The van der Waals surface area contributed by atoms with Gasteiger partial charge in [0.2, 0.25) is 0 Å². The number of fused-ring (bicyclic) bond motifs is 20. The molecule has 6 heterocycles. The van der Waals surface area contributed by atoms with Crippen LogP contribution in [-0.2, 0) is 0 Å². The van der Waals surface area contributed by atoms with E-state index in [1.165, 1.54) is 104 Å². The molecule has 0 saturated carbocycles. The highest BCUT2D eigenvalue weighted by molar-refractivity contribution is 6.27. The van der Waals surface area contributed by atoms with E-state index in [9.17, 15) is 0 Å². The first-order valence-electron chi connectivity index (χ1n) is 34.9. The van der Waals surface area contributed by atoms with E-state index in [1.54, 1.807) is 0 Å². The van der Waals surface area contributed by atoms with Crippen LogP contribution in [0.3, 0.4) is 0 Å². The van der Waals surface area contributed by atoms with Gasteiger partial charge < -0.3 is 27.1 Å². The third kappa shape index (κ3) is 8.99. The Morgan fingerprint density at radius 2 is 0.480 bits per heavy atom. The zero-order valence-corrected chi connectivity index (χ0v) is 55.2. The Morgan fingerprint density at radius 3 is 0.951 bits per heavy atom. The van der Waals surface area contributed by atoms with Crippen molar-refractivity contribution in [2.75, 3.05) is 0 Å². The number of hydrogen-bond donors (Lipinski definition) is 0. The van der Waals surface area contributed by atoms with Crippen molar-refractivity contribution in [2.45, 2.75) is 0 Å². The van der Waals surface area contributed by atoms with Gasteiger partial charge in [0.15, 0.2) is 11.2 Å². The fourth-order valence-corrected chi connectivity index (χ4v) is 16.4. The summed E-state index contributed by atoms with van der Waals surface area (Å²) in [7, 11) is 0. The lowest BCUT2D eigenvalue weighted by atomic mass is 9.98. The molecular weight excluding hydrogens is 1240 g/mol. The summed E-state index contributed by atoms with van der Waals surface area (Å²) >= 11 is 0. The zero-order valence-electron chi connectivity index (χ0n) is 55.2. The summed E-state index contributed by atoms with van der Waals surface area (Å²) in [4.78, 5) is 0. The van der Waals surface area contributed by atoms with Gasteiger partial charge in [-0.05, 0) is 160 Å². The molecule has 6 heteroatoms. The lowest BCUT2D eigenvalue weighted by molar-refractivity contribution is 0.670. The number of para-hydroxylation sites is 6. The number of rotatable bonds is 8. The fourth-order valence-electron chi connectivity index (χ4n) is 16.4. The molecule has 16 aromatic carbocycles. The van der Waals surface area contributed by atoms with E-state index in [2.05, 4.69) is 370 Å². The molecule has 0 N–H and O–H groups in total. The Balaban J connectivity index is 0.000000133. The predicted molar refractivity (Wildman–Crippen MR) is 427 cm³/mol. The molecule has 6 nitrogen and oxygen atoms in total. The molecule has 6 aromatic heterocycles. The third-order valence-electron chi connectivity index (χ3n) is 21.0. The van der Waals surface area contributed by atoms with Crippen LogP contribution in [0.15, 0.2) is 373 Å². The van der Waals surface area contributed by atoms with Gasteiger partial charge in [0.25, 0.3) is 0 Å². The summed E-state index contributed by atoms with van der Waals surface area (Å²) in [6.45, 7) is 0. The van der Waals surface area contributed by atoms with Crippen molar-refractivity contribution in [1.82, 2.24) is 18.3 Å². The molecule has 0 fully saturated rings. The normalized spacial score (nSPS) is 11.9. The Kier molecular flexibility index (Phi) is 12.9. The lowest BCUT2D eigenvalue weighted by Crippen LogP contribution is -1.97. The van der Waals surface area contributed by atoms with E-state index in [1.807, 2.05) is 12.1 Å². The van der Waals surface area contributed by atoms with Gasteiger partial charge >= 0.3 is 0 Å². The number of nitrogens with zero attached hydrogens (tertiary/aromatic N) is 4. The van der Waals surface area contributed by atoms with Gasteiger partial charge in [-0.25, -0.2) is 0 Å². The minimum Gasteiger partial charge on any atom is -0.454 e. The topological polar surface area (TPSA) is 46.0 Å². The van der Waals surface area contributed by atoms with Gasteiger partial charge in [-0.3, -0.25) is 0 Å². The summed E-state index contributed by atoms with van der Waals surface area (Å²) in [6.07, 6.45) is 0. The second-order valence-electron chi connectivity index (χ2n) is 26.7. The lowest BCUT2D eigenvalue weighted by Gasteiger charge is -2.14. The first-order valence-corrected chi connectivity index (χ1v) is 34.9. The molecule has 22 rings (SSSR count). The van der Waals surface area contributed by atoms with Crippen LogP contribution in [0.25, 0.3) is 198 Å². The van der Waals surface area contributed by atoms with Crippen LogP contribution in [0.5, 0.6) is 0 Å². The smallest absolute Gasteiger partial charge is 0.160 e. The number of aromatic nitrogens is 4. The first kappa shape index (κ1) is 57.4. The minimum atomic E-state index is 0.903. The van der Waals surface area contributed by atoms with Crippen LogP contribution in [0.4, 0.5) is 0 Å². The third-order valence-corrected chi connectivity index (χ3v) is 21.0. The summed E-state index contributed by atoms with van der Waals surface area (Å²) in [6, 6.07) is 131. The average Bonchev–Trinajstić information content (AvgIpc) is 1.55. The summed E-state index contributed by atoms with van der Waals surface area (Å²) in [5.74, 6) is 0. The van der Waals surface area contributed by atoms with Crippen LogP contribution in [0.2, 0.25) is 0 Å². The highest BCUT2D eigenvalue weighted by Crippen LogP contribution is 2.47. The van der Waals surface area contributed by atoms with Crippen LogP contribution in [-0.4, -0.2) is 18.3 Å². The van der Waals surface area contributed by atoms with Gasteiger partial charge in [-0.2, -0.15) is 0 Å². The maximum Gasteiger partial charge on any atom is 0.160 e. The average molecular weight is 1300 g/mol. The quantitative estimate of drug-likeness (QED) is 0.152. The van der Waals surface area contributed by atoms with Crippen molar-refractivity contribution >= 4 is 131 Å². The first-order chi connectivity index (χ1) is 50.6. The Hall–Kier alpha value is -13.7. The van der Waals surface area contributed by atoms with Crippen LogP contribution in [0.1, 0.15) is 0 Å². The summed E-state index contributed by atoms with van der Waals surface area (Å²) in [5.41, 5.74) is 26.8. The molecule has 0 aliphatic carbocycles. The number of hydrogen-bond acceptors (Lipinski definition) is 2. The monoisotopic (exact) mass is 1300 g/mol. The Morgan fingerprint density at radius 1 is 0.157 bits per heavy atom. The predicted octanol–water partition coefficient (Wildman–Crippen LogP) is 26.2. The van der Waals surface area contributed by atoms with Crippen molar-refractivity contribution in [1.29, 1.82) is 0 Å². The van der Waals surface area contributed by atoms with E-state index in [0.717, 1.165) is 94.2 Å². The van der Waals surface area contributed by atoms with Crippen LogP contribution in [0, 0.1) is 0 Å². The van der Waals surface area contributed by atoms with E-state index >= 15 is 0 Å². The van der Waals surface area contributed by atoms with E-state index < -0.39 is 0 Å².